The molecule has 0 aliphatic rings. The number of pyridine rings is 1. The summed E-state index contributed by atoms with van der Waals surface area (Å²) in [5.74, 6) is -1.46. The predicted octanol–water partition coefficient (Wildman–Crippen LogP) is 1.35. The second-order valence-corrected chi connectivity index (χ2v) is 6.37. The molecule has 2 heterocycles. The number of carbonyl (C=O) groups excluding carboxylic acids is 1. The molecule has 126 valence electrons. The third-order valence-electron chi connectivity index (χ3n) is 3.39. The highest BCUT2D eigenvalue weighted by Crippen LogP contribution is 2.20. The Hall–Kier alpha value is -3.03. The summed E-state index contributed by atoms with van der Waals surface area (Å²) < 4.78 is 0. The van der Waals surface area contributed by atoms with E-state index in [4.69, 9.17) is 5.73 Å². The molecule has 0 radical (unpaired) electrons. The number of rotatable bonds is 4. The Kier molecular flexibility index (Phi) is 4.77. The first-order valence-electron chi connectivity index (χ1n) is 7.26. The lowest BCUT2D eigenvalue weighted by molar-refractivity contribution is -0.142. The van der Waals surface area contributed by atoms with E-state index in [-0.39, 0.29) is 11.6 Å². The maximum Gasteiger partial charge on any atom is 0.326 e. The minimum Gasteiger partial charge on any atom is -0.480 e. The average Bonchev–Trinajstić information content (AvgIpc) is 2.52. The normalized spacial score (nSPS) is 12.5. The molecule has 8 nitrogen and oxygen atoms in total. The summed E-state index contributed by atoms with van der Waals surface area (Å²) in [6.45, 7) is 5.22. The van der Waals surface area contributed by atoms with Gasteiger partial charge in [-0.25, -0.2) is 14.8 Å². The van der Waals surface area contributed by atoms with Crippen molar-refractivity contribution in [2.24, 2.45) is 5.41 Å². The number of nitrogens with two attached hydrogens (primary N) is 1. The standard InChI is InChI=1S/C16H19N5O3/c1-16(2,3)12(14(23)24)21-13(22)11-5-4-9(6-18-11)10-7-19-15(17)20-8-10/h4-8,12H,1-3H3,(H,21,22)(H,23,24)(H2,17,19,20)/t12-/m1/s1. The van der Waals surface area contributed by atoms with Crippen LogP contribution in [0.25, 0.3) is 11.1 Å². The number of aromatic nitrogens is 3. The van der Waals surface area contributed by atoms with Crippen LogP contribution in [0.1, 0.15) is 31.3 Å². The van der Waals surface area contributed by atoms with E-state index in [9.17, 15) is 14.7 Å². The van der Waals surface area contributed by atoms with E-state index in [1.165, 1.54) is 12.3 Å². The Morgan fingerprint density at radius 2 is 1.67 bits per heavy atom. The van der Waals surface area contributed by atoms with Crippen LogP contribution in [0.3, 0.4) is 0 Å². The van der Waals surface area contributed by atoms with E-state index < -0.39 is 23.3 Å². The Balaban J connectivity index is 2.16. The number of aliphatic carboxylic acids is 1. The molecule has 0 bridgehead atoms. The van der Waals surface area contributed by atoms with Crippen molar-refractivity contribution in [1.82, 2.24) is 20.3 Å². The third-order valence-corrected chi connectivity index (χ3v) is 3.39. The highest BCUT2D eigenvalue weighted by Gasteiger charge is 2.33. The zero-order valence-electron chi connectivity index (χ0n) is 13.6. The molecule has 0 aromatic carbocycles. The largest absolute Gasteiger partial charge is 0.480 e. The molecule has 0 unspecified atom stereocenters. The minimum atomic E-state index is -1.09. The van der Waals surface area contributed by atoms with Gasteiger partial charge in [-0.2, -0.15) is 0 Å². The van der Waals surface area contributed by atoms with Gasteiger partial charge in [-0.1, -0.05) is 26.8 Å². The van der Waals surface area contributed by atoms with Crippen molar-refractivity contribution in [2.45, 2.75) is 26.8 Å². The van der Waals surface area contributed by atoms with Crippen molar-refractivity contribution in [3.63, 3.8) is 0 Å². The fourth-order valence-corrected chi connectivity index (χ4v) is 2.04. The second kappa shape index (κ2) is 6.61. The number of nitrogens with one attached hydrogen (secondary N) is 1. The molecular weight excluding hydrogens is 310 g/mol. The van der Waals surface area contributed by atoms with Crippen LogP contribution in [0.4, 0.5) is 5.95 Å². The van der Waals surface area contributed by atoms with E-state index in [1.54, 1.807) is 39.2 Å². The Morgan fingerprint density at radius 3 is 2.12 bits per heavy atom. The van der Waals surface area contributed by atoms with E-state index >= 15 is 0 Å². The maximum atomic E-state index is 12.2. The summed E-state index contributed by atoms with van der Waals surface area (Å²) in [6.07, 6.45) is 4.61. The molecule has 2 aromatic heterocycles. The molecule has 4 N–H and O–H groups in total. The van der Waals surface area contributed by atoms with E-state index in [1.807, 2.05) is 0 Å². The number of amides is 1. The number of nitrogens with zero attached hydrogens (tertiary/aromatic N) is 3. The fraction of sp³-hybridized carbons (Fsp3) is 0.312. The van der Waals surface area contributed by atoms with Gasteiger partial charge >= 0.3 is 5.97 Å². The lowest BCUT2D eigenvalue weighted by Crippen LogP contribution is -2.49. The van der Waals surface area contributed by atoms with Gasteiger partial charge in [0, 0.05) is 29.7 Å². The SMILES string of the molecule is CC(C)(C)[C@H](NC(=O)c1ccc(-c2cnc(N)nc2)cn1)C(=O)O. The first kappa shape index (κ1) is 17.3. The lowest BCUT2D eigenvalue weighted by Gasteiger charge is -2.27. The molecule has 0 saturated heterocycles. The summed E-state index contributed by atoms with van der Waals surface area (Å²) in [5, 5.41) is 11.8. The molecule has 1 atom stereocenters. The lowest BCUT2D eigenvalue weighted by atomic mass is 9.86. The molecule has 8 heteroatoms. The first-order chi connectivity index (χ1) is 11.2. The number of nitrogen functional groups attached to an aromatic ring is 1. The Labute approximate surface area is 139 Å². The quantitative estimate of drug-likeness (QED) is 0.771. The summed E-state index contributed by atoms with van der Waals surface area (Å²) >= 11 is 0. The van der Waals surface area contributed by atoms with Gasteiger partial charge in [0.25, 0.3) is 5.91 Å². The molecule has 0 fully saturated rings. The zero-order valence-corrected chi connectivity index (χ0v) is 13.6. The van der Waals surface area contributed by atoms with Gasteiger partial charge in [-0.15, -0.1) is 0 Å². The second-order valence-electron chi connectivity index (χ2n) is 6.37. The molecule has 0 aliphatic heterocycles. The van der Waals surface area contributed by atoms with Crippen molar-refractivity contribution in [3.05, 3.63) is 36.4 Å². The molecule has 0 saturated carbocycles. The number of carboxylic acid groups (broad SMARTS) is 1. The van der Waals surface area contributed by atoms with Gasteiger partial charge in [0.2, 0.25) is 5.95 Å². The van der Waals surface area contributed by atoms with Gasteiger partial charge in [-0.3, -0.25) is 9.78 Å². The average molecular weight is 329 g/mol. The van der Waals surface area contributed by atoms with Gasteiger partial charge in [-0.05, 0) is 11.5 Å². The van der Waals surface area contributed by atoms with Crippen LogP contribution in [-0.4, -0.2) is 38.0 Å². The number of anilines is 1. The smallest absolute Gasteiger partial charge is 0.326 e. The van der Waals surface area contributed by atoms with Gasteiger partial charge < -0.3 is 16.2 Å². The van der Waals surface area contributed by atoms with Crippen LogP contribution in [0.15, 0.2) is 30.7 Å². The summed E-state index contributed by atoms with van der Waals surface area (Å²) in [7, 11) is 0. The topological polar surface area (TPSA) is 131 Å². The van der Waals surface area contributed by atoms with Crippen molar-refractivity contribution in [3.8, 4) is 11.1 Å². The van der Waals surface area contributed by atoms with E-state index in [0.717, 1.165) is 5.56 Å². The van der Waals surface area contributed by atoms with Crippen LogP contribution in [0.2, 0.25) is 0 Å². The zero-order chi connectivity index (χ0) is 17.9. The van der Waals surface area contributed by atoms with Crippen LogP contribution in [0.5, 0.6) is 0 Å². The van der Waals surface area contributed by atoms with Crippen LogP contribution in [-0.2, 0) is 4.79 Å². The number of carboxylic acids is 1. The monoisotopic (exact) mass is 329 g/mol. The molecule has 2 aromatic rings. The maximum absolute atomic E-state index is 12.2. The van der Waals surface area contributed by atoms with Crippen molar-refractivity contribution < 1.29 is 14.7 Å². The summed E-state index contributed by atoms with van der Waals surface area (Å²) in [4.78, 5) is 35.4. The van der Waals surface area contributed by atoms with Gasteiger partial charge in [0.1, 0.15) is 11.7 Å². The highest BCUT2D eigenvalue weighted by atomic mass is 16.4. The Morgan fingerprint density at radius 1 is 1.08 bits per heavy atom. The molecule has 0 aliphatic carbocycles. The molecule has 0 spiro atoms. The number of hydrogen-bond acceptors (Lipinski definition) is 6. The van der Waals surface area contributed by atoms with Gasteiger partial charge in [0.15, 0.2) is 0 Å². The van der Waals surface area contributed by atoms with Gasteiger partial charge in [0.05, 0.1) is 0 Å². The molecule has 2 rings (SSSR count). The van der Waals surface area contributed by atoms with Crippen LogP contribution >= 0.6 is 0 Å². The minimum absolute atomic E-state index is 0.130. The van der Waals surface area contributed by atoms with Crippen LogP contribution in [0, 0.1) is 5.41 Å². The highest BCUT2D eigenvalue weighted by molar-refractivity contribution is 5.95. The fourth-order valence-electron chi connectivity index (χ4n) is 2.04. The summed E-state index contributed by atoms with van der Waals surface area (Å²) in [5.41, 5.74) is 6.37. The van der Waals surface area contributed by atoms with E-state index in [2.05, 4.69) is 20.3 Å². The Bertz CT molecular complexity index is 736. The van der Waals surface area contributed by atoms with E-state index in [0.29, 0.717) is 5.56 Å². The van der Waals surface area contributed by atoms with Crippen LogP contribution < -0.4 is 11.1 Å². The van der Waals surface area contributed by atoms with Crippen molar-refractivity contribution in [1.29, 1.82) is 0 Å². The predicted molar refractivity (Wildman–Crippen MR) is 88.0 cm³/mol. The van der Waals surface area contributed by atoms with Crippen molar-refractivity contribution in [2.75, 3.05) is 5.73 Å². The third kappa shape index (κ3) is 4.03. The summed E-state index contributed by atoms with van der Waals surface area (Å²) in [6, 6.07) is 2.18. The molecular formula is C16H19N5O3. The molecule has 24 heavy (non-hydrogen) atoms. The van der Waals surface area contributed by atoms with Crippen molar-refractivity contribution >= 4 is 17.8 Å². The first-order valence-corrected chi connectivity index (χ1v) is 7.26. The number of carbonyl (C=O) groups is 2. The number of hydrogen-bond donors (Lipinski definition) is 3. The molecule has 1 amide bonds.